The highest BCUT2D eigenvalue weighted by Crippen LogP contribution is 2.47. The summed E-state index contributed by atoms with van der Waals surface area (Å²) < 4.78 is 21.7. The van der Waals surface area contributed by atoms with Crippen LogP contribution in [0.4, 0.5) is 0 Å². The Morgan fingerprint density at radius 2 is 0.543 bits per heavy atom. The Kier molecular flexibility index (Phi) is 39.2. The van der Waals surface area contributed by atoms with E-state index < -0.39 is 7.60 Å². The van der Waals surface area contributed by atoms with Crippen molar-refractivity contribution in [3.05, 3.63) is 11.9 Å². The Bertz CT molecular complexity index is 626. The van der Waals surface area contributed by atoms with Crippen molar-refractivity contribution >= 4 is 7.60 Å². The number of rotatable bonds is 40. The topological polar surface area (TPSA) is 35.5 Å². The quantitative estimate of drug-likeness (QED) is 0.0481. The van der Waals surface area contributed by atoms with Crippen LogP contribution in [-0.2, 0) is 13.6 Å². The minimum atomic E-state index is -2.97. The zero-order valence-corrected chi connectivity index (χ0v) is 32.9. The zero-order chi connectivity index (χ0) is 33.5. The van der Waals surface area contributed by atoms with Gasteiger partial charge in [0.1, 0.15) is 0 Å². The largest absolute Gasteiger partial charge is 0.353 e. The van der Waals surface area contributed by atoms with Gasteiger partial charge in [0.25, 0.3) is 0 Å². The van der Waals surface area contributed by atoms with Crippen molar-refractivity contribution in [2.45, 2.75) is 244 Å². The molecule has 0 saturated heterocycles. The molecule has 0 heterocycles. The van der Waals surface area contributed by atoms with Gasteiger partial charge in [0.15, 0.2) is 0 Å². The van der Waals surface area contributed by atoms with Crippen LogP contribution in [-0.4, -0.2) is 14.2 Å². The normalized spacial score (nSPS) is 12.2. The fourth-order valence-corrected chi connectivity index (χ4v) is 7.55. The molecule has 4 heteroatoms. The molecule has 0 fully saturated rings. The van der Waals surface area contributed by atoms with Gasteiger partial charge in [0.05, 0.1) is 0 Å². The molecule has 0 aromatic carbocycles. The Morgan fingerprint density at radius 1 is 0.348 bits per heavy atom. The van der Waals surface area contributed by atoms with E-state index in [1.807, 2.05) is 6.08 Å². The zero-order valence-electron chi connectivity index (χ0n) is 32.0. The first-order valence-corrected chi connectivity index (χ1v) is 22.7. The Morgan fingerprint density at radius 3 is 0.739 bits per heavy atom. The van der Waals surface area contributed by atoms with Gasteiger partial charge in [0.2, 0.25) is 0 Å². The lowest BCUT2D eigenvalue weighted by molar-refractivity contribution is 0.286. The summed E-state index contributed by atoms with van der Waals surface area (Å²) in [5, 5.41) is 0. The molecular weight excluding hydrogens is 583 g/mol. The molecule has 0 aliphatic heterocycles. The van der Waals surface area contributed by atoms with E-state index in [9.17, 15) is 4.57 Å². The number of hydrogen-bond acceptors (Lipinski definition) is 3. The Balaban J connectivity index is 3.11. The summed E-state index contributed by atoms with van der Waals surface area (Å²) in [5.41, 5.74) is 0. The molecule has 0 radical (unpaired) electrons. The van der Waals surface area contributed by atoms with Crippen molar-refractivity contribution < 1.29 is 13.6 Å². The minimum Gasteiger partial charge on any atom is -0.309 e. The summed E-state index contributed by atoms with van der Waals surface area (Å²) in [4.78, 5) is 0. The highest BCUT2D eigenvalue weighted by Gasteiger charge is 2.14. The number of unbranched alkanes of at least 4 members (excludes halogenated alkanes) is 36. The first-order valence-electron chi connectivity index (χ1n) is 21.1. The van der Waals surface area contributed by atoms with Gasteiger partial charge >= 0.3 is 7.60 Å². The first-order chi connectivity index (χ1) is 22.7. The molecule has 0 aromatic heterocycles. The van der Waals surface area contributed by atoms with Crippen molar-refractivity contribution in [1.82, 2.24) is 0 Å². The van der Waals surface area contributed by atoms with E-state index in [-0.39, 0.29) is 0 Å². The fraction of sp³-hybridized carbons (Fsp3) is 0.952. The molecule has 0 aliphatic rings. The summed E-state index contributed by atoms with van der Waals surface area (Å²) in [6.07, 6.45) is 54.8. The van der Waals surface area contributed by atoms with E-state index >= 15 is 0 Å². The summed E-state index contributed by atoms with van der Waals surface area (Å²) in [6.45, 7) is 2.31. The van der Waals surface area contributed by atoms with Gasteiger partial charge in [0, 0.05) is 20.0 Å². The number of hydrogen-bond donors (Lipinski definition) is 0. The summed E-state index contributed by atoms with van der Waals surface area (Å²) in [6, 6.07) is 0. The van der Waals surface area contributed by atoms with Crippen LogP contribution in [0.2, 0.25) is 0 Å². The molecule has 0 aromatic rings. The Hall–Kier alpha value is -0.110. The molecule has 46 heavy (non-hydrogen) atoms. The van der Waals surface area contributed by atoms with Crippen molar-refractivity contribution in [2.24, 2.45) is 0 Å². The van der Waals surface area contributed by atoms with Gasteiger partial charge in [-0.3, -0.25) is 4.57 Å². The molecule has 0 bridgehead atoms. The molecule has 0 aliphatic carbocycles. The van der Waals surface area contributed by atoms with Crippen molar-refractivity contribution in [1.29, 1.82) is 0 Å². The van der Waals surface area contributed by atoms with E-state index in [1.54, 1.807) is 5.82 Å². The predicted octanol–water partition coefficient (Wildman–Crippen LogP) is 16.4. The number of allylic oxidation sites excluding steroid dienone is 1. The maximum atomic E-state index is 11.9. The van der Waals surface area contributed by atoms with Crippen molar-refractivity contribution in [3.63, 3.8) is 0 Å². The molecule has 276 valence electrons. The van der Waals surface area contributed by atoms with Gasteiger partial charge in [-0.05, 0) is 12.8 Å². The van der Waals surface area contributed by atoms with Crippen LogP contribution in [0.1, 0.15) is 244 Å². The van der Waals surface area contributed by atoms with E-state index in [0.29, 0.717) is 0 Å². The second-order valence-corrected chi connectivity index (χ2v) is 16.6. The van der Waals surface area contributed by atoms with Crippen LogP contribution in [0, 0.1) is 0 Å². The van der Waals surface area contributed by atoms with Gasteiger partial charge in [-0.25, -0.2) is 0 Å². The third-order valence-electron chi connectivity index (χ3n) is 10.0. The van der Waals surface area contributed by atoms with Gasteiger partial charge in [-0.1, -0.05) is 238 Å². The maximum absolute atomic E-state index is 11.9. The highest BCUT2D eigenvalue weighted by atomic mass is 31.2. The monoisotopic (exact) mass is 669 g/mol. The maximum Gasteiger partial charge on any atom is 0.353 e. The van der Waals surface area contributed by atoms with E-state index in [4.69, 9.17) is 9.05 Å². The molecule has 0 atom stereocenters. The molecule has 0 N–H and O–H groups in total. The molecule has 0 unspecified atom stereocenters. The predicted molar refractivity (Wildman–Crippen MR) is 207 cm³/mol. The van der Waals surface area contributed by atoms with Gasteiger partial charge in [-0.15, -0.1) is 0 Å². The molecule has 0 rings (SSSR count). The third kappa shape index (κ3) is 36.7. The minimum absolute atomic E-state index is 0.955. The SMILES string of the molecule is CCCCCCCCCCCCCCCCCCCCCCCCCCCCCCCCCCCCCCC=CP(=O)(OC)OC. The van der Waals surface area contributed by atoms with Crippen molar-refractivity contribution in [2.75, 3.05) is 14.2 Å². The van der Waals surface area contributed by atoms with Crippen LogP contribution < -0.4 is 0 Å². The molecule has 0 spiro atoms. The van der Waals surface area contributed by atoms with Gasteiger partial charge < -0.3 is 9.05 Å². The average Bonchev–Trinajstić information content (AvgIpc) is 3.07. The van der Waals surface area contributed by atoms with Crippen LogP contribution >= 0.6 is 7.60 Å². The van der Waals surface area contributed by atoms with E-state index in [2.05, 4.69) is 6.92 Å². The van der Waals surface area contributed by atoms with Crippen molar-refractivity contribution in [3.8, 4) is 0 Å². The molecule has 0 amide bonds. The summed E-state index contributed by atoms with van der Waals surface area (Å²) in [7, 11) is -0.107. The second kappa shape index (κ2) is 39.3. The first kappa shape index (κ1) is 45.9. The van der Waals surface area contributed by atoms with E-state index in [0.717, 1.165) is 12.8 Å². The lowest BCUT2D eigenvalue weighted by atomic mass is 10.0. The Labute approximate surface area is 291 Å². The molecule has 3 nitrogen and oxygen atoms in total. The van der Waals surface area contributed by atoms with Crippen LogP contribution in [0.3, 0.4) is 0 Å². The summed E-state index contributed by atoms with van der Waals surface area (Å²) >= 11 is 0. The lowest BCUT2D eigenvalue weighted by Gasteiger charge is -2.07. The van der Waals surface area contributed by atoms with Crippen LogP contribution in [0.15, 0.2) is 11.9 Å². The van der Waals surface area contributed by atoms with Crippen LogP contribution in [0.25, 0.3) is 0 Å². The molecular formula is C42H85O3P. The lowest BCUT2D eigenvalue weighted by Crippen LogP contribution is -1.85. The average molecular weight is 669 g/mol. The summed E-state index contributed by atoms with van der Waals surface area (Å²) in [5.74, 6) is 1.59. The third-order valence-corrected chi connectivity index (χ3v) is 11.6. The van der Waals surface area contributed by atoms with Crippen LogP contribution in [0.5, 0.6) is 0 Å². The molecule has 0 saturated carbocycles. The fourth-order valence-electron chi connectivity index (χ4n) is 6.75. The standard InChI is InChI=1S/C42H85O3P/c1-4-5-6-7-8-9-10-11-12-13-14-15-16-17-18-19-20-21-22-23-24-25-26-27-28-29-30-31-32-33-34-35-36-37-38-39-40-41-42-46(43,44-2)45-3/h41-42H,4-40H2,1-3H3. The smallest absolute Gasteiger partial charge is 0.309 e. The van der Waals surface area contributed by atoms with Gasteiger partial charge in [-0.2, -0.15) is 0 Å². The second-order valence-electron chi connectivity index (χ2n) is 14.5. The van der Waals surface area contributed by atoms with E-state index in [1.165, 1.54) is 239 Å². The highest BCUT2D eigenvalue weighted by molar-refractivity contribution is 7.57.